The van der Waals surface area contributed by atoms with Crippen LogP contribution in [0.3, 0.4) is 0 Å². The highest BCUT2D eigenvalue weighted by atomic mass is 35.5. The molecule has 0 aliphatic rings. The Hall–Kier alpha value is -3.36. The maximum Gasteiger partial charge on any atom is 0.264 e. The molecule has 0 radical (unpaired) electrons. The molecule has 0 aliphatic heterocycles. The van der Waals surface area contributed by atoms with Crippen molar-refractivity contribution in [2.45, 2.75) is 64.6 Å². The van der Waals surface area contributed by atoms with E-state index in [0.29, 0.717) is 16.3 Å². The first kappa shape index (κ1) is 30.2. The number of sulfonamides is 1. The van der Waals surface area contributed by atoms with Gasteiger partial charge in [-0.1, -0.05) is 66.6 Å². The van der Waals surface area contributed by atoms with Crippen molar-refractivity contribution >= 4 is 39.1 Å². The Morgan fingerprint density at radius 3 is 2.18 bits per heavy atom. The summed E-state index contributed by atoms with van der Waals surface area (Å²) >= 11 is 6.16. The van der Waals surface area contributed by atoms with Gasteiger partial charge in [0.1, 0.15) is 12.6 Å². The molecule has 0 heterocycles. The summed E-state index contributed by atoms with van der Waals surface area (Å²) in [6, 6.07) is 19.7. The summed E-state index contributed by atoms with van der Waals surface area (Å²) in [6.45, 7) is 8.78. The summed E-state index contributed by atoms with van der Waals surface area (Å²) < 4.78 is 29.0. The molecule has 2 amide bonds. The van der Waals surface area contributed by atoms with E-state index in [-0.39, 0.29) is 23.4 Å². The Balaban J connectivity index is 2.04. The number of halogens is 1. The second kappa shape index (κ2) is 13.1. The fourth-order valence-electron chi connectivity index (χ4n) is 4.08. The summed E-state index contributed by atoms with van der Waals surface area (Å²) in [4.78, 5) is 28.5. The minimum atomic E-state index is -4.13. The van der Waals surface area contributed by atoms with Crippen molar-refractivity contribution in [3.8, 4) is 0 Å². The fraction of sp³-hybridized carbons (Fsp3) is 0.333. The number of aryl methyl sites for hydroxylation is 2. The lowest BCUT2D eigenvalue weighted by molar-refractivity contribution is -0.139. The summed E-state index contributed by atoms with van der Waals surface area (Å²) in [6.07, 6.45) is 0.740. The lowest BCUT2D eigenvalue weighted by Crippen LogP contribution is -2.52. The monoisotopic (exact) mass is 569 g/mol. The quantitative estimate of drug-likeness (QED) is 0.331. The van der Waals surface area contributed by atoms with Crippen LogP contribution in [0.1, 0.15) is 43.9 Å². The minimum Gasteiger partial charge on any atom is -0.352 e. The molecule has 0 aliphatic carbocycles. The van der Waals surface area contributed by atoms with Crippen molar-refractivity contribution in [1.82, 2.24) is 10.2 Å². The lowest BCUT2D eigenvalue weighted by Gasteiger charge is -2.33. The molecule has 0 spiro atoms. The van der Waals surface area contributed by atoms with Gasteiger partial charge < -0.3 is 10.2 Å². The summed E-state index contributed by atoms with van der Waals surface area (Å²) in [5.74, 6) is -0.806. The number of anilines is 1. The zero-order valence-electron chi connectivity index (χ0n) is 23.0. The van der Waals surface area contributed by atoms with Crippen molar-refractivity contribution in [2.24, 2.45) is 0 Å². The summed E-state index contributed by atoms with van der Waals surface area (Å²) in [7, 11) is -4.13. The number of benzene rings is 3. The standard InChI is InChI=1S/C30H36ClN3O4S/c1-6-23(4)32-30(36)24(5)33(19-25-10-8-7-9-11-25)29(35)20-34(28-17-14-26(31)18-22(28)3)39(37,38)27-15-12-21(2)13-16-27/h7-18,23-24H,6,19-20H2,1-5H3,(H,32,36)/t23-,24-/m1/s1. The number of rotatable bonds is 11. The van der Waals surface area contributed by atoms with Gasteiger partial charge in [0.05, 0.1) is 10.6 Å². The Morgan fingerprint density at radius 1 is 0.949 bits per heavy atom. The molecule has 1 N–H and O–H groups in total. The fourth-order valence-corrected chi connectivity index (χ4v) is 5.78. The van der Waals surface area contributed by atoms with Crippen LogP contribution < -0.4 is 9.62 Å². The summed E-state index contributed by atoms with van der Waals surface area (Å²) in [5.41, 5.74) is 2.67. The van der Waals surface area contributed by atoms with Gasteiger partial charge in [-0.3, -0.25) is 13.9 Å². The van der Waals surface area contributed by atoms with Gasteiger partial charge in [-0.2, -0.15) is 0 Å². The third kappa shape index (κ3) is 7.61. The van der Waals surface area contributed by atoms with Crippen LogP contribution in [0.5, 0.6) is 0 Å². The van der Waals surface area contributed by atoms with E-state index in [9.17, 15) is 18.0 Å². The molecule has 9 heteroatoms. The third-order valence-corrected chi connectivity index (χ3v) is 8.69. The number of hydrogen-bond donors (Lipinski definition) is 1. The molecule has 0 bridgehead atoms. The van der Waals surface area contributed by atoms with Crippen LogP contribution in [0, 0.1) is 13.8 Å². The first-order chi connectivity index (χ1) is 18.4. The Kier molecular flexibility index (Phi) is 10.2. The van der Waals surface area contributed by atoms with Gasteiger partial charge >= 0.3 is 0 Å². The van der Waals surface area contributed by atoms with Crippen molar-refractivity contribution in [3.05, 3.63) is 94.5 Å². The van der Waals surface area contributed by atoms with Crippen LogP contribution in [-0.2, 0) is 26.2 Å². The number of nitrogens with one attached hydrogen (secondary N) is 1. The number of amides is 2. The highest BCUT2D eigenvalue weighted by Crippen LogP contribution is 2.29. The summed E-state index contributed by atoms with van der Waals surface area (Å²) in [5, 5.41) is 3.39. The van der Waals surface area contributed by atoms with E-state index >= 15 is 0 Å². The highest BCUT2D eigenvalue weighted by molar-refractivity contribution is 7.92. The van der Waals surface area contributed by atoms with Gasteiger partial charge in [-0.25, -0.2) is 8.42 Å². The maximum absolute atomic E-state index is 14.0. The van der Waals surface area contributed by atoms with E-state index in [1.807, 2.05) is 51.1 Å². The van der Waals surface area contributed by atoms with E-state index < -0.39 is 28.5 Å². The second-order valence-electron chi connectivity index (χ2n) is 9.76. The van der Waals surface area contributed by atoms with Crippen LogP contribution >= 0.6 is 11.6 Å². The molecule has 0 fully saturated rings. The van der Waals surface area contributed by atoms with Gasteiger partial charge in [0.15, 0.2) is 0 Å². The van der Waals surface area contributed by atoms with Crippen LogP contribution in [0.15, 0.2) is 77.7 Å². The smallest absolute Gasteiger partial charge is 0.264 e. The van der Waals surface area contributed by atoms with Gasteiger partial charge in [-0.15, -0.1) is 0 Å². The molecule has 3 rings (SSSR count). The lowest BCUT2D eigenvalue weighted by atomic mass is 10.1. The van der Waals surface area contributed by atoms with Crippen molar-refractivity contribution in [2.75, 3.05) is 10.8 Å². The molecule has 208 valence electrons. The van der Waals surface area contributed by atoms with Crippen molar-refractivity contribution < 1.29 is 18.0 Å². The maximum atomic E-state index is 14.0. The molecular formula is C30H36ClN3O4S. The average molecular weight is 570 g/mol. The van der Waals surface area contributed by atoms with Gasteiger partial charge in [0, 0.05) is 17.6 Å². The molecule has 0 saturated heterocycles. The molecule has 3 aromatic rings. The first-order valence-corrected chi connectivity index (χ1v) is 14.7. The molecule has 0 saturated carbocycles. The minimum absolute atomic E-state index is 0.0624. The first-order valence-electron chi connectivity index (χ1n) is 12.9. The second-order valence-corrected chi connectivity index (χ2v) is 12.1. The zero-order chi connectivity index (χ0) is 28.7. The van der Waals surface area contributed by atoms with Crippen LogP contribution in [0.2, 0.25) is 5.02 Å². The van der Waals surface area contributed by atoms with Crippen molar-refractivity contribution in [3.63, 3.8) is 0 Å². The van der Waals surface area contributed by atoms with Gasteiger partial charge in [-0.05, 0) is 75.6 Å². The molecule has 2 atom stereocenters. The normalized spacial score (nSPS) is 12.9. The van der Waals surface area contributed by atoms with E-state index in [0.717, 1.165) is 21.9 Å². The van der Waals surface area contributed by atoms with Crippen LogP contribution in [0.25, 0.3) is 0 Å². The predicted molar refractivity (Wildman–Crippen MR) is 156 cm³/mol. The number of nitrogens with zero attached hydrogens (tertiary/aromatic N) is 2. The van der Waals surface area contributed by atoms with Crippen molar-refractivity contribution in [1.29, 1.82) is 0 Å². The largest absolute Gasteiger partial charge is 0.352 e. The Labute approximate surface area is 236 Å². The molecule has 0 aromatic heterocycles. The Bertz CT molecular complexity index is 1400. The highest BCUT2D eigenvalue weighted by Gasteiger charge is 2.33. The average Bonchev–Trinajstić information content (AvgIpc) is 2.91. The number of hydrogen-bond acceptors (Lipinski definition) is 4. The van der Waals surface area contributed by atoms with E-state index in [1.165, 1.54) is 17.0 Å². The Morgan fingerprint density at radius 2 is 1.59 bits per heavy atom. The topological polar surface area (TPSA) is 86.8 Å². The van der Waals surface area contributed by atoms with Gasteiger partial charge in [0.2, 0.25) is 11.8 Å². The van der Waals surface area contributed by atoms with Crippen LogP contribution in [0.4, 0.5) is 5.69 Å². The van der Waals surface area contributed by atoms with Crippen LogP contribution in [-0.4, -0.2) is 43.8 Å². The molecular weight excluding hydrogens is 534 g/mol. The number of carbonyl (C=O) groups excluding carboxylic acids is 2. The van der Waals surface area contributed by atoms with E-state index in [4.69, 9.17) is 11.6 Å². The predicted octanol–water partition coefficient (Wildman–Crippen LogP) is 5.48. The van der Waals surface area contributed by atoms with Gasteiger partial charge in [0.25, 0.3) is 10.0 Å². The van der Waals surface area contributed by atoms with E-state index in [1.54, 1.807) is 44.2 Å². The third-order valence-electron chi connectivity index (χ3n) is 6.68. The molecule has 39 heavy (non-hydrogen) atoms. The molecule has 0 unspecified atom stereocenters. The van der Waals surface area contributed by atoms with E-state index in [2.05, 4.69) is 5.32 Å². The zero-order valence-corrected chi connectivity index (χ0v) is 24.6. The SMILES string of the molecule is CC[C@@H](C)NC(=O)[C@@H](C)N(Cc1ccccc1)C(=O)CN(c1ccc(Cl)cc1C)S(=O)(=O)c1ccc(C)cc1. The number of carbonyl (C=O) groups is 2. The molecule has 7 nitrogen and oxygen atoms in total. The molecule has 3 aromatic carbocycles.